The molecule has 2 heterocycles. The van der Waals surface area contributed by atoms with E-state index in [1.807, 2.05) is 0 Å². The summed E-state index contributed by atoms with van der Waals surface area (Å²) in [5, 5.41) is 0.567. The van der Waals surface area contributed by atoms with Gasteiger partial charge in [-0.3, -0.25) is 4.79 Å². The summed E-state index contributed by atoms with van der Waals surface area (Å²) in [6, 6.07) is 4.99. The Bertz CT molecular complexity index is 1030. The number of likely N-dealkylation sites (tertiary alicyclic amines) is 1. The number of nitrogen functional groups attached to an aromatic ring is 1. The van der Waals surface area contributed by atoms with Crippen molar-refractivity contribution >= 4 is 56.4 Å². The number of amides is 1. The molecule has 1 amide bonds. The number of rotatable bonds is 7. The van der Waals surface area contributed by atoms with Crippen molar-refractivity contribution in [2.45, 2.75) is 43.7 Å². The third-order valence-corrected chi connectivity index (χ3v) is 7.91. The summed E-state index contributed by atoms with van der Waals surface area (Å²) < 4.78 is 30.4. The highest BCUT2D eigenvalue weighted by molar-refractivity contribution is 7.89. The summed E-state index contributed by atoms with van der Waals surface area (Å²) in [6.45, 7) is 3.72. The fraction of sp³-hybridized carbons (Fsp3) is 0.450. The van der Waals surface area contributed by atoms with Crippen LogP contribution in [0.4, 0.5) is 5.69 Å². The minimum atomic E-state index is -4.08. The molecule has 3 N–H and O–H groups in total. The second kappa shape index (κ2) is 10.0. The maximum Gasteiger partial charge on any atom is 0.241 e. The van der Waals surface area contributed by atoms with E-state index in [0.717, 1.165) is 12.8 Å². The van der Waals surface area contributed by atoms with Crippen molar-refractivity contribution in [1.82, 2.24) is 14.2 Å². The second-order valence-corrected chi connectivity index (χ2v) is 10.7. The van der Waals surface area contributed by atoms with Crippen LogP contribution in [0.15, 0.2) is 35.4 Å². The monoisotopic (exact) mass is 506 g/mol. The number of benzene rings is 1. The third-order valence-electron chi connectivity index (χ3n) is 5.49. The maximum absolute atomic E-state index is 13.2. The number of sulfonamides is 1. The average Bonchev–Trinajstić information content (AvgIpc) is 3.13. The first-order valence-electron chi connectivity index (χ1n) is 9.94. The van der Waals surface area contributed by atoms with Gasteiger partial charge in [-0.25, -0.2) is 8.42 Å². The van der Waals surface area contributed by atoms with Crippen molar-refractivity contribution in [1.29, 1.82) is 0 Å². The van der Waals surface area contributed by atoms with E-state index in [2.05, 4.69) is 11.6 Å². The first-order chi connectivity index (χ1) is 14.6. The van der Waals surface area contributed by atoms with Crippen LogP contribution >= 0.6 is 34.8 Å². The molecule has 1 aromatic heterocycles. The summed E-state index contributed by atoms with van der Waals surface area (Å²) >= 11 is 18.2. The van der Waals surface area contributed by atoms with E-state index < -0.39 is 16.1 Å². The number of carbonyl (C=O) groups is 1. The van der Waals surface area contributed by atoms with Crippen molar-refractivity contribution in [3.8, 4) is 0 Å². The summed E-state index contributed by atoms with van der Waals surface area (Å²) in [7, 11) is -4.08. The Labute approximate surface area is 197 Å². The number of aryl methyl sites for hydroxylation is 1. The lowest BCUT2D eigenvalue weighted by atomic mass is 9.98. The highest BCUT2D eigenvalue weighted by Crippen LogP contribution is 2.31. The molecule has 0 aliphatic carbocycles. The lowest BCUT2D eigenvalue weighted by Gasteiger charge is -2.33. The van der Waals surface area contributed by atoms with Gasteiger partial charge in [0, 0.05) is 25.8 Å². The molecule has 11 heteroatoms. The van der Waals surface area contributed by atoms with E-state index in [0.29, 0.717) is 30.7 Å². The standard InChI is InChI=1S/C20H25Cl3N4O3S/c1-13-4-8-27(9-5-13)20(28)17(6-10-26-7-2-3-18(26)23)25-31(29,30)14-11-15(21)19(24)16(22)12-14/h2-3,7,11-13,17,25H,4-6,8-10,24H2,1H3. The predicted octanol–water partition coefficient (Wildman–Crippen LogP) is 4.03. The van der Waals surface area contributed by atoms with Crippen molar-refractivity contribution in [2.75, 3.05) is 18.8 Å². The van der Waals surface area contributed by atoms with E-state index in [1.165, 1.54) is 12.1 Å². The van der Waals surface area contributed by atoms with Gasteiger partial charge >= 0.3 is 0 Å². The summed E-state index contributed by atoms with van der Waals surface area (Å²) in [5.74, 6) is 0.281. The van der Waals surface area contributed by atoms with Crippen molar-refractivity contribution in [2.24, 2.45) is 5.92 Å². The molecule has 0 radical (unpaired) electrons. The molecular formula is C20H25Cl3N4O3S. The van der Waals surface area contributed by atoms with Crippen molar-refractivity contribution < 1.29 is 13.2 Å². The quantitative estimate of drug-likeness (QED) is 0.553. The van der Waals surface area contributed by atoms with E-state index in [-0.39, 0.29) is 33.0 Å². The van der Waals surface area contributed by atoms with E-state index in [4.69, 9.17) is 40.5 Å². The maximum atomic E-state index is 13.2. The topological polar surface area (TPSA) is 97.4 Å². The zero-order chi connectivity index (χ0) is 22.8. The Kier molecular flexibility index (Phi) is 7.81. The van der Waals surface area contributed by atoms with Gasteiger partial charge in [0.1, 0.15) is 11.2 Å². The smallest absolute Gasteiger partial charge is 0.241 e. The van der Waals surface area contributed by atoms with E-state index in [9.17, 15) is 13.2 Å². The van der Waals surface area contributed by atoms with E-state index in [1.54, 1.807) is 27.8 Å². The number of anilines is 1. The number of nitrogens with one attached hydrogen (secondary N) is 1. The normalized spacial score (nSPS) is 16.5. The zero-order valence-electron chi connectivity index (χ0n) is 17.0. The summed E-state index contributed by atoms with van der Waals surface area (Å²) in [5.41, 5.74) is 5.81. The highest BCUT2D eigenvalue weighted by atomic mass is 35.5. The molecule has 1 aromatic carbocycles. The molecule has 7 nitrogen and oxygen atoms in total. The van der Waals surface area contributed by atoms with Gasteiger partial charge in [-0.1, -0.05) is 41.7 Å². The lowest BCUT2D eigenvalue weighted by molar-refractivity contribution is -0.134. The van der Waals surface area contributed by atoms with Gasteiger partial charge in [0.25, 0.3) is 0 Å². The van der Waals surface area contributed by atoms with Gasteiger partial charge in [0.15, 0.2) is 0 Å². The Morgan fingerprint density at radius 2 is 1.84 bits per heavy atom. The molecular weight excluding hydrogens is 483 g/mol. The second-order valence-electron chi connectivity index (χ2n) is 7.80. The van der Waals surface area contributed by atoms with Crippen LogP contribution < -0.4 is 10.5 Å². The largest absolute Gasteiger partial charge is 0.396 e. The van der Waals surface area contributed by atoms with Gasteiger partial charge in [-0.05, 0) is 49.4 Å². The Hall–Kier alpha value is -1.45. The van der Waals surface area contributed by atoms with Gasteiger partial charge < -0.3 is 15.2 Å². The van der Waals surface area contributed by atoms with Crippen LogP contribution in [0.1, 0.15) is 26.2 Å². The first kappa shape index (κ1) is 24.2. The molecule has 3 rings (SSSR count). The number of nitrogens with two attached hydrogens (primary N) is 1. The van der Waals surface area contributed by atoms with Gasteiger partial charge in [-0.15, -0.1) is 0 Å². The lowest BCUT2D eigenvalue weighted by Crippen LogP contribution is -2.50. The molecule has 1 unspecified atom stereocenters. The molecule has 2 aromatic rings. The van der Waals surface area contributed by atoms with E-state index >= 15 is 0 Å². The number of carbonyl (C=O) groups excluding carboxylic acids is 1. The Morgan fingerprint density at radius 1 is 1.23 bits per heavy atom. The van der Waals surface area contributed by atoms with Crippen LogP contribution in [0.5, 0.6) is 0 Å². The molecule has 1 aliphatic heterocycles. The molecule has 1 saturated heterocycles. The number of aromatic nitrogens is 1. The van der Waals surface area contributed by atoms with Crippen molar-refractivity contribution in [3.05, 3.63) is 45.7 Å². The minimum Gasteiger partial charge on any atom is -0.396 e. The van der Waals surface area contributed by atoms with Crippen LogP contribution in [-0.4, -0.2) is 42.9 Å². The molecule has 1 aliphatic rings. The number of piperidine rings is 1. The Morgan fingerprint density at radius 3 is 2.39 bits per heavy atom. The fourth-order valence-corrected chi connectivity index (χ4v) is 5.60. The fourth-order valence-electron chi connectivity index (χ4n) is 3.50. The van der Waals surface area contributed by atoms with Crippen LogP contribution in [0.3, 0.4) is 0 Å². The van der Waals surface area contributed by atoms with Crippen LogP contribution in [0.25, 0.3) is 0 Å². The summed E-state index contributed by atoms with van der Waals surface area (Å²) in [6.07, 6.45) is 3.78. The average molecular weight is 508 g/mol. The molecule has 0 saturated carbocycles. The molecule has 0 spiro atoms. The van der Waals surface area contributed by atoms with Crippen LogP contribution in [-0.2, 0) is 21.4 Å². The van der Waals surface area contributed by atoms with Crippen LogP contribution in [0, 0.1) is 5.92 Å². The van der Waals surface area contributed by atoms with Gasteiger partial charge in [0.2, 0.25) is 15.9 Å². The molecule has 31 heavy (non-hydrogen) atoms. The number of hydrogen-bond acceptors (Lipinski definition) is 4. The van der Waals surface area contributed by atoms with Crippen molar-refractivity contribution in [3.63, 3.8) is 0 Å². The Balaban J connectivity index is 1.84. The summed E-state index contributed by atoms with van der Waals surface area (Å²) in [4.78, 5) is 14.8. The number of hydrogen-bond donors (Lipinski definition) is 2. The third kappa shape index (κ3) is 5.87. The highest BCUT2D eigenvalue weighted by Gasteiger charge is 2.31. The SMILES string of the molecule is CC1CCN(C(=O)C(CCn2cccc2Cl)NS(=O)(=O)c2cc(Cl)c(N)c(Cl)c2)CC1. The molecule has 0 bridgehead atoms. The zero-order valence-corrected chi connectivity index (χ0v) is 20.1. The molecule has 1 atom stereocenters. The molecule has 170 valence electrons. The number of halogens is 3. The van der Waals surface area contributed by atoms with Crippen LogP contribution in [0.2, 0.25) is 15.2 Å². The van der Waals surface area contributed by atoms with Gasteiger partial charge in [0.05, 0.1) is 20.6 Å². The number of nitrogens with zero attached hydrogens (tertiary/aromatic N) is 2. The molecule has 1 fully saturated rings. The predicted molar refractivity (Wildman–Crippen MR) is 124 cm³/mol. The first-order valence-corrected chi connectivity index (χ1v) is 12.6. The minimum absolute atomic E-state index is 0.0277. The van der Waals surface area contributed by atoms with Gasteiger partial charge in [-0.2, -0.15) is 4.72 Å².